The number of nitrogens with zero attached hydrogens (tertiary/aromatic N) is 4. The van der Waals surface area contributed by atoms with Gasteiger partial charge in [-0.05, 0) is 50.3 Å². The van der Waals surface area contributed by atoms with E-state index >= 15 is 0 Å². The number of carboxylic acid groups (broad SMARTS) is 1. The highest BCUT2D eigenvalue weighted by Gasteiger charge is 2.28. The van der Waals surface area contributed by atoms with E-state index in [4.69, 9.17) is 9.47 Å². The summed E-state index contributed by atoms with van der Waals surface area (Å²) in [4.78, 5) is 28.1. The number of alkyl carbamates (subject to hydrolysis) is 1. The molecule has 10 nitrogen and oxygen atoms in total. The summed E-state index contributed by atoms with van der Waals surface area (Å²) >= 11 is 0. The van der Waals surface area contributed by atoms with E-state index in [1.54, 1.807) is 30.1 Å². The maximum atomic E-state index is 12.3. The third kappa shape index (κ3) is 6.59. The first-order chi connectivity index (χ1) is 17.4. The predicted molar refractivity (Wildman–Crippen MR) is 131 cm³/mol. The molecule has 2 N–H and O–H groups in total. The van der Waals surface area contributed by atoms with E-state index in [9.17, 15) is 14.7 Å². The fraction of sp³-hybridized carbons (Fsp3) is 0.423. The van der Waals surface area contributed by atoms with Crippen LogP contribution < -0.4 is 10.1 Å². The van der Waals surface area contributed by atoms with Gasteiger partial charge in [-0.2, -0.15) is 0 Å². The van der Waals surface area contributed by atoms with Gasteiger partial charge in [0.1, 0.15) is 17.5 Å². The molecule has 0 radical (unpaired) electrons. The van der Waals surface area contributed by atoms with Gasteiger partial charge in [0.2, 0.25) is 0 Å². The van der Waals surface area contributed by atoms with Gasteiger partial charge in [-0.15, -0.1) is 5.10 Å². The lowest BCUT2D eigenvalue weighted by molar-refractivity contribution is -0.143. The van der Waals surface area contributed by atoms with Crippen LogP contribution in [0.4, 0.5) is 4.79 Å². The third-order valence-corrected chi connectivity index (χ3v) is 6.27. The zero-order chi connectivity index (χ0) is 25.5. The van der Waals surface area contributed by atoms with Gasteiger partial charge in [-0.25, -0.2) is 9.48 Å². The first-order valence-corrected chi connectivity index (χ1v) is 12.1. The lowest BCUT2D eigenvalue weighted by atomic mass is 9.87. The summed E-state index contributed by atoms with van der Waals surface area (Å²) in [5.74, 6) is -0.553. The maximum Gasteiger partial charge on any atom is 0.407 e. The Hall–Kier alpha value is -3.95. The first-order valence-electron chi connectivity index (χ1n) is 12.1. The zero-order valence-corrected chi connectivity index (χ0v) is 20.5. The first kappa shape index (κ1) is 25.2. The molecule has 1 aliphatic carbocycles. The predicted octanol–water partition coefficient (Wildman–Crippen LogP) is 3.76. The SMILES string of the molecule is C[C@H](Cc1ccccc1)OC(=O)NCc1c(-c2ccc(O[C@H]3CCC[C@H](C(=O)O)C3)cn2)nnn1C. The van der Waals surface area contributed by atoms with E-state index in [1.165, 1.54) is 0 Å². The number of rotatable bonds is 9. The van der Waals surface area contributed by atoms with Crippen LogP contribution >= 0.6 is 0 Å². The van der Waals surface area contributed by atoms with Crippen LogP contribution in [-0.4, -0.2) is 49.4 Å². The number of benzene rings is 1. The third-order valence-electron chi connectivity index (χ3n) is 6.27. The molecule has 4 rings (SSSR count). The van der Waals surface area contributed by atoms with Crippen molar-refractivity contribution < 1.29 is 24.2 Å². The monoisotopic (exact) mass is 493 g/mol. The molecule has 2 heterocycles. The highest BCUT2D eigenvalue weighted by Crippen LogP contribution is 2.28. The summed E-state index contributed by atoms with van der Waals surface area (Å²) in [6.07, 6.45) is 4.14. The Morgan fingerprint density at radius 3 is 2.72 bits per heavy atom. The summed E-state index contributed by atoms with van der Waals surface area (Å²) in [6.45, 7) is 2.03. The standard InChI is InChI=1S/C26H31N5O5/c1-17(13-18-7-4-3-5-8-18)35-26(34)28-16-23-24(29-30-31(23)2)22-12-11-21(15-27-22)36-20-10-6-9-19(14-20)25(32)33/h3-5,7-8,11-12,15,17,19-20H,6,9-10,13-14,16H2,1-2H3,(H,28,34)(H,32,33)/t17-,19+,20+/m1/s1. The Balaban J connectivity index is 1.33. The zero-order valence-electron chi connectivity index (χ0n) is 20.5. The smallest absolute Gasteiger partial charge is 0.407 e. The number of carboxylic acids is 1. The molecule has 190 valence electrons. The molecular formula is C26H31N5O5. The van der Waals surface area contributed by atoms with E-state index in [0.717, 1.165) is 18.4 Å². The van der Waals surface area contributed by atoms with Crippen LogP contribution in [0.1, 0.15) is 43.9 Å². The quantitative estimate of drug-likeness (QED) is 0.461. The Morgan fingerprint density at radius 1 is 1.19 bits per heavy atom. The number of pyridine rings is 1. The molecule has 0 spiro atoms. The molecule has 1 saturated carbocycles. The van der Waals surface area contributed by atoms with E-state index in [2.05, 4.69) is 20.6 Å². The molecule has 10 heteroatoms. The number of aromatic nitrogens is 4. The van der Waals surface area contributed by atoms with Gasteiger partial charge in [0.15, 0.2) is 0 Å². The topological polar surface area (TPSA) is 128 Å². The van der Waals surface area contributed by atoms with E-state index in [0.29, 0.717) is 42.1 Å². The number of aryl methyl sites for hydroxylation is 1. The molecule has 1 aliphatic rings. The molecule has 3 atom stereocenters. The van der Waals surface area contributed by atoms with Gasteiger partial charge in [0.25, 0.3) is 0 Å². The molecule has 1 fully saturated rings. The summed E-state index contributed by atoms with van der Waals surface area (Å²) in [7, 11) is 1.75. The average molecular weight is 494 g/mol. The van der Waals surface area contributed by atoms with Crippen molar-refractivity contribution in [3.8, 4) is 17.1 Å². The van der Waals surface area contributed by atoms with Crippen LogP contribution in [0.5, 0.6) is 5.75 Å². The molecule has 0 unspecified atom stereocenters. The minimum Gasteiger partial charge on any atom is -0.489 e. The fourth-order valence-corrected chi connectivity index (χ4v) is 4.40. The molecule has 0 aliphatic heterocycles. The van der Waals surface area contributed by atoms with Crippen molar-refractivity contribution in [3.05, 3.63) is 59.9 Å². The molecule has 0 saturated heterocycles. The largest absolute Gasteiger partial charge is 0.489 e. The van der Waals surface area contributed by atoms with Gasteiger partial charge in [-0.1, -0.05) is 35.5 Å². The number of carbonyl (C=O) groups excluding carboxylic acids is 1. The highest BCUT2D eigenvalue weighted by molar-refractivity contribution is 5.70. The molecule has 1 aromatic carbocycles. The Morgan fingerprint density at radius 2 is 2.00 bits per heavy atom. The average Bonchev–Trinajstić information content (AvgIpc) is 3.24. The Bertz CT molecular complexity index is 1170. The number of ether oxygens (including phenoxy) is 2. The van der Waals surface area contributed by atoms with Crippen molar-refractivity contribution in [3.63, 3.8) is 0 Å². The van der Waals surface area contributed by atoms with Crippen molar-refractivity contribution >= 4 is 12.1 Å². The Kier molecular flexibility index (Phi) is 8.14. The van der Waals surface area contributed by atoms with Crippen molar-refractivity contribution in [1.82, 2.24) is 25.3 Å². The van der Waals surface area contributed by atoms with Crippen molar-refractivity contribution in [2.45, 2.75) is 57.8 Å². The summed E-state index contributed by atoms with van der Waals surface area (Å²) in [5.41, 5.74) is 2.91. The number of hydrogen-bond donors (Lipinski definition) is 2. The van der Waals surface area contributed by atoms with E-state index < -0.39 is 12.1 Å². The summed E-state index contributed by atoms with van der Waals surface area (Å²) in [6, 6.07) is 13.4. The second-order valence-corrected chi connectivity index (χ2v) is 9.09. The van der Waals surface area contributed by atoms with Crippen LogP contribution in [0.15, 0.2) is 48.7 Å². The summed E-state index contributed by atoms with van der Waals surface area (Å²) in [5, 5.41) is 20.3. The van der Waals surface area contributed by atoms with Crippen molar-refractivity contribution in [1.29, 1.82) is 0 Å². The van der Waals surface area contributed by atoms with Gasteiger partial charge < -0.3 is 19.9 Å². The molecule has 3 aromatic rings. The van der Waals surface area contributed by atoms with Crippen LogP contribution in [0.2, 0.25) is 0 Å². The van der Waals surface area contributed by atoms with Crippen LogP contribution in [0, 0.1) is 5.92 Å². The number of carbonyl (C=O) groups is 2. The second-order valence-electron chi connectivity index (χ2n) is 9.09. The van der Waals surface area contributed by atoms with Gasteiger partial charge in [-0.3, -0.25) is 9.78 Å². The Labute approximate surface area is 209 Å². The number of nitrogens with one attached hydrogen (secondary N) is 1. The number of amides is 1. The van der Waals surface area contributed by atoms with Gasteiger partial charge in [0, 0.05) is 13.5 Å². The van der Waals surface area contributed by atoms with Crippen LogP contribution in [0.25, 0.3) is 11.4 Å². The number of hydrogen-bond acceptors (Lipinski definition) is 7. The van der Waals surface area contributed by atoms with Gasteiger partial charge >= 0.3 is 12.1 Å². The van der Waals surface area contributed by atoms with E-state index in [1.807, 2.05) is 37.3 Å². The highest BCUT2D eigenvalue weighted by atomic mass is 16.6. The molecule has 36 heavy (non-hydrogen) atoms. The van der Waals surface area contributed by atoms with Gasteiger partial charge in [0.05, 0.1) is 36.2 Å². The molecular weight excluding hydrogens is 462 g/mol. The van der Waals surface area contributed by atoms with Crippen LogP contribution in [-0.2, 0) is 29.5 Å². The molecule has 0 bridgehead atoms. The lowest BCUT2D eigenvalue weighted by Gasteiger charge is -2.27. The van der Waals surface area contributed by atoms with E-state index in [-0.39, 0.29) is 24.7 Å². The lowest BCUT2D eigenvalue weighted by Crippen LogP contribution is -2.29. The number of aliphatic carboxylic acids is 1. The summed E-state index contributed by atoms with van der Waals surface area (Å²) < 4.78 is 13.0. The maximum absolute atomic E-state index is 12.3. The second kappa shape index (κ2) is 11.7. The van der Waals surface area contributed by atoms with Crippen molar-refractivity contribution in [2.75, 3.05) is 0 Å². The molecule has 2 aromatic heterocycles. The minimum absolute atomic E-state index is 0.140. The normalized spacial score (nSPS) is 18.3. The molecule has 1 amide bonds. The van der Waals surface area contributed by atoms with Crippen LogP contribution in [0.3, 0.4) is 0 Å². The minimum atomic E-state index is -0.768. The fourth-order valence-electron chi connectivity index (χ4n) is 4.40. The van der Waals surface area contributed by atoms with Crippen molar-refractivity contribution in [2.24, 2.45) is 13.0 Å².